The van der Waals surface area contributed by atoms with E-state index in [1.54, 1.807) is 19.9 Å². The third-order valence-electron chi connectivity index (χ3n) is 2.23. The molecule has 0 heterocycles. The molecule has 0 aliphatic rings. The Kier molecular flexibility index (Phi) is 4.04. The van der Waals surface area contributed by atoms with E-state index < -0.39 is 11.0 Å². The van der Waals surface area contributed by atoms with Gasteiger partial charge >= 0.3 is 0 Å². The minimum atomic E-state index is -0.640. The van der Waals surface area contributed by atoms with E-state index in [9.17, 15) is 15.2 Å². The van der Waals surface area contributed by atoms with Crippen LogP contribution in [0.5, 0.6) is 0 Å². The van der Waals surface area contributed by atoms with E-state index in [0.717, 1.165) is 0 Å². The number of benzene rings is 1. The molecule has 0 spiro atoms. The number of aliphatic hydroxyl groups excluding tert-OH is 1. The van der Waals surface area contributed by atoms with E-state index in [4.69, 9.17) is 11.6 Å². The summed E-state index contributed by atoms with van der Waals surface area (Å²) in [5, 5.41) is 20.5. The Balaban J connectivity index is 3.25. The van der Waals surface area contributed by atoms with Crippen LogP contribution in [0.1, 0.15) is 19.4 Å². The normalized spacial score (nSPS) is 13.6. The zero-order valence-corrected chi connectivity index (χ0v) is 9.73. The molecule has 0 amide bonds. The quantitative estimate of drug-likeness (QED) is 0.654. The smallest absolute Gasteiger partial charge is 0.276 e. The third-order valence-corrected chi connectivity index (χ3v) is 2.46. The second kappa shape index (κ2) is 5.09. The first-order chi connectivity index (χ1) is 7.41. The number of aliphatic hydroxyl groups is 1. The SMILES string of the molecule is C/C(=C\c1cc(Cl)ccc1[N+](=O)[O-])C(C)O. The van der Waals surface area contributed by atoms with Crippen LogP contribution < -0.4 is 0 Å². The van der Waals surface area contributed by atoms with E-state index in [0.29, 0.717) is 16.2 Å². The van der Waals surface area contributed by atoms with Gasteiger partial charge in [-0.1, -0.05) is 11.6 Å². The lowest BCUT2D eigenvalue weighted by molar-refractivity contribution is -0.385. The van der Waals surface area contributed by atoms with Crippen molar-refractivity contribution in [2.75, 3.05) is 0 Å². The van der Waals surface area contributed by atoms with Gasteiger partial charge in [-0.2, -0.15) is 0 Å². The van der Waals surface area contributed by atoms with Gasteiger partial charge in [-0.25, -0.2) is 0 Å². The van der Waals surface area contributed by atoms with Gasteiger partial charge in [0.2, 0.25) is 0 Å². The number of halogens is 1. The molecule has 0 saturated carbocycles. The van der Waals surface area contributed by atoms with Crippen molar-refractivity contribution in [2.45, 2.75) is 20.0 Å². The molecule has 1 atom stereocenters. The Bertz CT molecular complexity index is 441. The largest absolute Gasteiger partial charge is 0.389 e. The molecule has 0 aliphatic carbocycles. The molecule has 0 aliphatic heterocycles. The molecule has 1 aromatic rings. The van der Waals surface area contributed by atoms with Crippen LogP contribution in [0.25, 0.3) is 6.08 Å². The summed E-state index contributed by atoms with van der Waals surface area (Å²) in [7, 11) is 0. The van der Waals surface area contributed by atoms with E-state index in [1.165, 1.54) is 18.2 Å². The fourth-order valence-corrected chi connectivity index (χ4v) is 1.35. The summed E-state index contributed by atoms with van der Waals surface area (Å²) >= 11 is 5.77. The molecule has 5 heteroatoms. The number of nitrogens with zero attached hydrogens (tertiary/aromatic N) is 1. The molecule has 1 N–H and O–H groups in total. The zero-order chi connectivity index (χ0) is 12.3. The van der Waals surface area contributed by atoms with Gasteiger partial charge in [0.15, 0.2) is 0 Å². The van der Waals surface area contributed by atoms with Gasteiger partial charge in [0, 0.05) is 11.1 Å². The maximum atomic E-state index is 10.8. The van der Waals surface area contributed by atoms with Gasteiger partial charge in [-0.05, 0) is 37.6 Å². The first-order valence-electron chi connectivity index (χ1n) is 4.72. The zero-order valence-electron chi connectivity index (χ0n) is 8.98. The lowest BCUT2D eigenvalue weighted by atomic mass is 10.1. The predicted octanol–water partition coefficient (Wildman–Crippen LogP) is 3.03. The topological polar surface area (TPSA) is 63.4 Å². The highest BCUT2D eigenvalue weighted by Gasteiger charge is 2.12. The average molecular weight is 242 g/mol. The number of rotatable bonds is 3. The van der Waals surface area contributed by atoms with Gasteiger partial charge in [0.05, 0.1) is 16.6 Å². The van der Waals surface area contributed by atoms with Crippen LogP contribution in [0.4, 0.5) is 5.69 Å². The van der Waals surface area contributed by atoms with Crippen LogP contribution in [0.2, 0.25) is 5.02 Å². The van der Waals surface area contributed by atoms with Crippen LogP contribution in [-0.2, 0) is 0 Å². The number of nitro benzene ring substituents is 1. The summed E-state index contributed by atoms with van der Waals surface area (Å²) in [5.74, 6) is 0. The standard InChI is InChI=1S/C11H12ClNO3/c1-7(8(2)14)5-9-6-10(12)3-4-11(9)13(15)16/h3-6,8,14H,1-2H3/b7-5+. The van der Waals surface area contributed by atoms with Crippen LogP contribution in [0.3, 0.4) is 0 Å². The number of nitro groups is 1. The second-order valence-electron chi connectivity index (χ2n) is 3.52. The van der Waals surface area contributed by atoms with Crippen LogP contribution in [0.15, 0.2) is 23.8 Å². The van der Waals surface area contributed by atoms with Crippen molar-refractivity contribution in [1.82, 2.24) is 0 Å². The highest BCUT2D eigenvalue weighted by molar-refractivity contribution is 6.30. The highest BCUT2D eigenvalue weighted by Crippen LogP contribution is 2.25. The summed E-state index contributed by atoms with van der Waals surface area (Å²) in [4.78, 5) is 10.3. The van der Waals surface area contributed by atoms with E-state index in [1.807, 2.05) is 0 Å². The Morgan fingerprint density at radius 1 is 1.62 bits per heavy atom. The highest BCUT2D eigenvalue weighted by atomic mass is 35.5. The molecule has 0 bridgehead atoms. The molecule has 0 saturated heterocycles. The van der Waals surface area contributed by atoms with Gasteiger partial charge in [-0.15, -0.1) is 0 Å². The van der Waals surface area contributed by atoms with Crippen molar-refractivity contribution in [3.63, 3.8) is 0 Å². The minimum Gasteiger partial charge on any atom is -0.389 e. The van der Waals surface area contributed by atoms with Crippen LogP contribution in [0, 0.1) is 10.1 Å². The molecule has 1 aromatic carbocycles. The van der Waals surface area contributed by atoms with E-state index >= 15 is 0 Å². The fraction of sp³-hybridized carbons (Fsp3) is 0.273. The Morgan fingerprint density at radius 3 is 2.75 bits per heavy atom. The van der Waals surface area contributed by atoms with Crippen molar-refractivity contribution >= 4 is 23.4 Å². The second-order valence-corrected chi connectivity index (χ2v) is 3.96. The predicted molar refractivity (Wildman–Crippen MR) is 63.4 cm³/mol. The first kappa shape index (κ1) is 12.7. The maximum Gasteiger partial charge on any atom is 0.276 e. The molecule has 16 heavy (non-hydrogen) atoms. The summed E-state index contributed by atoms with van der Waals surface area (Å²) in [6.45, 7) is 3.30. The van der Waals surface area contributed by atoms with E-state index in [-0.39, 0.29) is 5.69 Å². The summed E-state index contributed by atoms with van der Waals surface area (Å²) < 4.78 is 0. The Labute approximate surface area is 98.3 Å². The van der Waals surface area contributed by atoms with Crippen LogP contribution in [-0.4, -0.2) is 16.1 Å². The van der Waals surface area contributed by atoms with E-state index in [2.05, 4.69) is 0 Å². The van der Waals surface area contributed by atoms with Crippen molar-refractivity contribution in [2.24, 2.45) is 0 Å². The maximum absolute atomic E-state index is 10.8. The van der Waals surface area contributed by atoms with Gasteiger partial charge in [0.25, 0.3) is 5.69 Å². The number of hydrogen-bond donors (Lipinski definition) is 1. The fourth-order valence-electron chi connectivity index (χ4n) is 1.17. The van der Waals surface area contributed by atoms with Crippen molar-refractivity contribution in [3.05, 3.63) is 44.5 Å². The molecule has 0 fully saturated rings. The molecule has 1 unspecified atom stereocenters. The minimum absolute atomic E-state index is 0.0237. The molecule has 86 valence electrons. The molecule has 0 aromatic heterocycles. The molecule has 4 nitrogen and oxygen atoms in total. The lowest BCUT2D eigenvalue weighted by Crippen LogP contribution is -2.01. The average Bonchev–Trinajstić information content (AvgIpc) is 2.16. The Hall–Kier alpha value is -1.39. The van der Waals surface area contributed by atoms with Crippen molar-refractivity contribution < 1.29 is 10.0 Å². The molecular formula is C11H12ClNO3. The van der Waals surface area contributed by atoms with Gasteiger partial charge in [0.1, 0.15) is 0 Å². The lowest BCUT2D eigenvalue weighted by Gasteiger charge is -2.05. The van der Waals surface area contributed by atoms with Crippen molar-refractivity contribution in [1.29, 1.82) is 0 Å². The first-order valence-corrected chi connectivity index (χ1v) is 5.10. The molecule has 0 radical (unpaired) electrons. The summed E-state index contributed by atoms with van der Waals surface area (Å²) in [6.07, 6.45) is 0.924. The van der Waals surface area contributed by atoms with Crippen molar-refractivity contribution in [3.8, 4) is 0 Å². The van der Waals surface area contributed by atoms with Crippen LogP contribution >= 0.6 is 11.6 Å². The monoisotopic (exact) mass is 241 g/mol. The third kappa shape index (κ3) is 3.05. The molecular weight excluding hydrogens is 230 g/mol. The molecule has 1 rings (SSSR count). The summed E-state index contributed by atoms with van der Waals surface area (Å²) in [6, 6.07) is 4.32. The number of hydrogen-bond acceptors (Lipinski definition) is 3. The summed E-state index contributed by atoms with van der Waals surface area (Å²) in [5.41, 5.74) is 1.02. The Morgan fingerprint density at radius 2 is 2.25 bits per heavy atom. The van der Waals surface area contributed by atoms with Gasteiger partial charge < -0.3 is 5.11 Å². The van der Waals surface area contributed by atoms with Gasteiger partial charge in [-0.3, -0.25) is 10.1 Å².